The highest BCUT2D eigenvalue weighted by atomic mass is 15.1. The first-order valence-electron chi connectivity index (χ1n) is 4.94. The van der Waals surface area contributed by atoms with E-state index in [1.54, 1.807) is 0 Å². The van der Waals surface area contributed by atoms with Gasteiger partial charge in [-0.1, -0.05) is 0 Å². The highest BCUT2D eigenvalue weighted by molar-refractivity contribution is 5.38. The molecule has 0 atom stereocenters. The van der Waals surface area contributed by atoms with Crippen molar-refractivity contribution < 1.29 is 0 Å². The molecule has 3 nitrogen and oxygen atoms in total. The van der Waals surface area contributed by atoms with E-state index in [-0.39, 0.29) is 0 Å². The molecule has 0 amide bonds. The molecule has 3 heteroatoms. The number of pyridine rings is 1. The minimum absolute atomic E-state index is 0.428. The quantitative estimate of drug-likeness (QED) is 0.792. The lowest BCUT2D eigenvalue weighted by molar-refractivity contribution is 0.402. The Labute approximate surface area is 86.2 Å². The molecule has 0 aliphatic rings. The molecule has 0 fully saturated rings. The molecule has 0 aromatic carbocycles. The lowest BCUT2D eigenvalue weighted by Crippen LogP contribution is -2.13. The Hall–Kier alpha value is -1.09. The maximum Gasteiger partial charge on any atom is 0.126 e. The van der Waals surface area contributed by atoms with Crippen molar-refractivity contribution in [2.45, 2.75) is 26.4 Å². The van der Waals surface area contributed by atoms with Gasteiger partial charge in [0, 0.05) is 18.8 Å². The predicted octanol–water partition coefficient (Wildman–Crippen LogP) is 1.96. The number of nitrogens with zero attached hydrogens (tertiary/aromatic N) is 2. The number of hydrogen-bond donors (Lipinski definition) is 1. The van der Waals surface area contributed by atoms with Crippen molar-refractivity contribution in [2.75, 3.05) is 19.4 Å². The summed E-state index contributed by atoms with van der Waals surface area (Å²) in [5, 5.41) is 3.29. The van der Waals surface area contributed by atoms with Crippen molar-refractivity contribution in [3.63, 3.8) is 0 Å². The van der Waals surface area contributed by atoms with Crippen LogP contribution in [0.2, 0.25) is 0 Å². The van der Waals surface area contributed by atoms with Crippen LogP contribution in [-0.4, -0.2) is 30.0 Å². The smallest absolute Gasteiger partial charge is 0.126 e. The third-order valence-electron chi connectivity index (χ3n) is 1.76. The molecule has 0 aliphatic heterocycles. The van der Waals surface area contributed by atoms with Crippen LogP contribution in [-0.2, 0) is 6.54 Å². The van der Waals surface area contributed by atoms with Crippen molar-refractivity contribution in [3.05, 3.63) is 23.9 Å². The van der Waals surface area contributed by atoms with Crippen LogP contribution in [0, 0.1) is 0 Å². The van der Waals surface area contributed by atoms with Crippen molar-refractivity contribution in [2.24, 2.45) is 0 Å². The molecule has 0 bridgehead atoms. The standard InChI is InChI=1S/C11H19N3/c1-9(2)13-11-7-10(5-6-12-11)8-14(3)4/h5-7,9H,8H2,1-4H3,(H,12,13). The summed E-state index contributed by atoms with van der Waals surface area (Å²) < 4.78 is 0. The van der Waals surface area contributed by atoms with E-state index in [1.807, 2.05) is 12.3 Å². The zero-order valence-corrected chi connectivity index (χ0v) is 9.41. The van der Waals surface area contributed by atoms with E-state index in [0.29, 0.717) is 6.04 Å². The normalized spacial score (nSPS) is 11.0. The number of aromatic nitrogens is 1. The van der Waals surface area contributed by atoms with Gasteiger partial charge in [0.2, 0.25) is 0 Å². The number of nitrogens with one attached hydrogen (secondary N) is 1. The Bertz CT molecular complexity index is 256. The van der Waals surface area contributed by atoms with Gasteiger partial charge in [-0.3, -0.25) is 0 Å². The van der Waals surface area contributed by atoms with Gasteiger partial charge in [0.25, 0.3) is 0 Å². The summed E-state index contributed by atoms with van der Waals surface area (Å²) >= 11 is 0. The minimum Gasteiger partial charge on any atom is -0.368 e. The number of hydrogen-bond acceptors (Lipinski definition) is 3. The summed E-state index contributed by atoms with van der Waals surface area (Å²) in [4.78, 5) is 6.40. The molecule has 0 spiro atoms. The third-order valence-corrected chi connectivity index (χ3v) is 1.76. The SMILES string of the molecule is CC(C)Nc1cc(CN(C)C)ccn1. The first-order valence-corrected chi connectivity index (χ1v) is 4.94. The van der Waals surface area contributed by atoms with Crippen molar-refractivity contribution in [1.29, 1.82) is 0 Å². The fourth-order valence-corrected chi connectivity index (χ4v) is 1.31. The van der Waals surface area contributed by atoms with Gasteiger partial charge in [0.1, 0.15) is 5.82 Å². The summed E-state index contributed by atoms with van der Waals surface area (Å²) in [5.74, 6) is 0.958. The molecule has 0 saturated heterocycles. The van der Waals surface area contributed by atoms with Crippen LogP contribution in [0.15, 0.2) is 18.3 Å². The minimum atomic E-state index is 0.428. The van der Waals surface area contributed by atoms with E-state index in [9.17, 15) is 0 Å². The van der Waals surface area contributed by atoms with Gasteiger partial charge in [-0.15, -0.1) is 0 Å². The van der Waals surface area contributed by atoms with E-state index in [1.165, 1.54) is 5.56 Å². The molecule has 1 aromatic rings. The predicted molar refractivity (Wildman–Crippen MR) is 60.4 cm³/mol. The van der Waals surface area contributed by atoms with Gasteiger partial charge in [-0.2, -0.15) is 0 Å². The number of rotatable bonds is 4. The molecule has 1 rings (SSSR count). The summed E-state index contributed by atoms with van der Waals surface area (Å²) in [6.45, 7) is 5.18. The third kappa shape index (κ3) is 3.75. The summed E-state index contributed by atoms with van der Waals surface area (Å²) in [7, 11) is 4.13. The van der Waals surface area contributed by atoms with Gasteiger partial charge in [-0.05, 0) is 45.6 Å². The molecule has 1 heterocycles. The average molecular weight is 193 g/mol. The van der Waals surface area contributed by atoms with Crippen LogP contribution in [0.5, 0.6) is 0 Å². The van der Waals surface area contributed by atoms with E-state index < -0.39 is 0 Å². The van der Waals surface area contributed by atoms with Crippen LogP contribution in [0.25, 0.3) is 0 Å². The van der Waals surface area contributed by atoms with Gasteiger partial charge in [0.15, 0.2) is 0 Å². The molecule has 0 aliphatic carbocycles. The molecule has 1 aromatic heterocycles. The van der Waals surface area contributed by atoms with E-state index in [4.69, 9.17) is 0 Å². The van der Waals surface area contributed by atoms with Crippen molar-refractivity contribution >= 4 is 5.82 Å². The molecular weight excluding hydrogens is 174 g/mol. The van der Waals surface area contributed by atoms with E-state index in [2.05, 4.69) is 49.2 Å². The second-order valence-electron chi connectivity index (χ2n) is 4.09. The Morgan fingerprint density at radius 2 is 2.14 bits per heavy atom. The summed E-state index contributed by atoms with van der Waals surface area (Å²) in [6, 6.07) is 4.57. The zero-order chi connectivity index (χ0) is 10.6. The zero-order valence-electron chi connectivity index (χ0n) is 9.41. The Morgan fingerprint density at radius 3 is 2.71 bits per heavy atom. The van der Waals surface area contributed by atoms with Gasteiger partial charge in [0.05, 0.1) is 0 Å². The number of anilines is 1. The molecule has 14 heavy (non-hydrogen) atoms. The molecule has 0 radical (unpaired) electrons. The highest BCUT2D eigenvalue weighted by Crippen LogP contribution is 2.09. The first kappa shape index (κ1) is 11.0. The topological polar surface area (TPSA) is 28.2 Å². The Kier molecular flexibility index (Phi) is 3.89. The highest BCUT2D eigenvalue weighted by Gasteiger charge is 1.99. The van der Waals surface area contributed by atoms with Gasteiger partial charge >= 0.3 is 0 Å². The van der Waals surface area contributed by atoms with Crippen LogP contribution >= 0.6 is 0 Å². The van der Waals surface area contributed by atoms with E-state index in [0.717, 1.165) is 12.4 Å². The molecule has 1 N–H and O–H groups in total. The second kappa shape index (κ2) is 4.96. The molecular formula is C11H19N3. The lowest BCUT2D eigenvalue weighted by atomic mass is 10.2. The first-order chi connectivity index (χ1) is 6.58. The van der Waals surface area contributed by atoms with Crippen LogP contribution < -0.4 is 5.32 Å². The van der Waals surface area contributed by atoms with Crippen molar-refractivity contribution in [1.82, 2.24) is 9.88 Å². The maximum atomic E-state index is 4.26. The van der Waals surface area contributed by atoms with Crippen LogP contribution in [0.4, 0.5) is 5.82 Å². The Balaban J connectivity index is 2.68. The van der Waals surface area contributed by atoms with Crippen molar-refractivity contribution in [3.8, 4) is 0 Å². The maximum absolute atomic E-state index is 4.26. The second-order valence-corrected chi connectivity index (χ2v) is 4.09. The lowest BCUT2D eigenvalue weighted by Gasteiger charge is -2.12. The molecule has 0 unspecified atom stereocenters. The monoisotopic (exact) mass is 193 g/mol. The molecule has 0 saturated carbocycles. The fourth-order valence-electron chi connectivity index (χ4n) is 1.31. The fraction of sp³-hybridized carbons (Fsp3) is 0.545. The molecule has 78 valence electrons. The summed E-state index contributed by atoms with van der Waals surface area (Å²) in [5.41, 5.74) is 1.29. The Morgan fingerprint density at radius 1 is 1.43 bits per heavy atom. The largest absolute Gasteiger partial charge is 0.368 e. The van der Waals surface area contributed by atoms with Crippen LogP contribution in [0.1, 0.15) is 19.4 Å². The van der Waals surface area contributed by atoms with Gasteiger partial charge in [-0.25, -0.2) is 4.98 Å². The van der Waals surface area contributed by atoms with Crippen LogP contribution in [0.3, 0.4) is 0 Å². The van der Waals surface area contributed by atoms with E-state index >= 15 is 0 Å². The summed E-state index contributed by atoms with van der Waals surface area (Å²) in [6.07, 6.45) is 1.85. The van der Waals surface area contributed by atoms with Gasteiger partial charge < -0.3 is 10.2 Å². The average Bonchev–Trinajstić information content (AvgIpc) is 2.01.